The maximum absolute atomic E-state index is 12.4. The molecule has 0 rings (SSSR count). The molecule has 0 saturated heterocycles. The Labute approximate surface area is 134 Å². The molecule has 0 N–H and O–H groups in total. The summed E-state index contributed by atoms with van der Waals surface area (Å²) in [5, 5.41) is -0.0331. The highest BCUT2D eigenvalue weighted by Gasteiger charge is 2.21. The molecule has 1 amide bonds. The van der Waals surface area contributed by atoms with Gasteiger partial charge in [-0.2, -0.15) is 11.8 Å². The lowest BCUT2D eigenvalue weighted by molar-refractivity contribution is -0.133. The zero-order valence-electron chi connectivity index (χ0n) is 15.0. The van der Waals surface area contributed by atoms with Crippen LogP contribution in [0.25, 0.3) is 0 Å². The number of rotatable bonds is 8. The van der Waals surface area contributed by atoms with E-state index < -0.39 is 0 Å². The van der Waals surface area contributed by atoms with Crippen LogP contribution in [0.2, 0.25) is 0 Å². The van der Waals surface area contributed by atoms with Crippen molar-refractivity contribution in [2.75, 3.05) is 32.6 Å². The van der Waals surface area contributed by atoms with Crippen LogP contribution in [0.5, 0.6) is 0 Å². The molecule has 21 heavy (non-hydrogen) atoms. The van der Waals surface area contributed by atoms with Gasteiger partial charge in [0.2, 0.25) is 5.91 Å². The van der Waals surface area contributed by atoms with Gasteiger partial charge < -0.3 is 14.4 Å². The zero-order chi connectivity index (χ0) is 16.7. The molecule has 0 aliphatic rings. The van der Waals surface area contributed by atoms with Gasteiger partial charge in [0.1, 0.15) is 0 Å². The first-order valence-corrected chi connectivity index (χ1v) is 8.84. The van der Waals surface area contributed by atoms with Crippen molar-refractivity contribution >= 4 is 17.7 Å². The summed E-state index contributed by atoms with van der Waals surface area (Å²) in [7, 11) is 0. The average Bonchev–Trinajstić information content (AvgIpc) is 2.32. The van der Waals surface area contributed by atoms with Gasteiger partial charge in [-0.15, -0.1) is 0 Å². The van der Waals surface area contributed by atoms with Crippen LogP contribution in [0.1, 0.15) is 48.5 Å². The number of ether oxygens (including phenoxy) is 2. The number of amides is 1. The highest BCUT2D eigenvalue weighted by Crippen LogP contribution is 2.12. The molecule has 4 nitrogen and oxygen atoms in total. The number of carbonyl (C=O) groups is 1. The molecule has 1 atom stereocenters. The van der Waals surface area contributed by atoms with E-state index in [4.69, 9.17) is 9.47 Å². The predicted octanol–water partition coefficient (Wildman–Crippen LogP) is 3.20. The van der Waals surface area contributed by atoms with Gasteiger partial charge in [0, 0.05) is 13.1 Å². The molecule has 0 aliphatic heterocycles. The Bertz CT molecular complexity index is 288. The maximum atomic E-state index is 12.4. The fourth-order valence-corrected chi connectivity index (χ4v) is 1.96. The molecule has 0 spiro atoms. The molecule has 0 aromatic heterocycles. The summed E-state index contributed by atoms with van der Waals surface area (Å²) in [6.07, 6.45) is 1.96. The Kier molecular flexibility index (Phi) is 8.90. The Morgan fingerprint density at radius 2 is 1.38 bits per heavy atom. The van der Waals surface area contributed by atoms with Gasteiger partial charge in [0.05, 0.1) is 29.7 Å². The van der Waals surface area contributed by atoms with E-state index in [2.05, 4.69) is 0 Å². The van der Waals surface area contributed by atoms with Crippen LogP contribution in [0.15, 0.2) is 0 Å². The minimum Gasteiger partial charge on any atom is -0.374 e. The van der Waals surface area contributed by atoms with E-state index in [0.717, 1.165) is 0 Å². The highest BCUT2D eigenvalue weighted by atomic mass is 32.2. The van der Waals surface area contributed by atoms with E-state index in [9.17, 15) is 4.79 Å². The zero-order valence-corrected chi connectivity index (χ0v) is 15.8. The highest BCUT2D eigenvalue weighted by molar-refractivity contribution is 7.99. The maximum Gasteiger partial charge on any atom is 0.235 e. The third kappa shape index (κ3) is 11.0. The first-order chi connectivity index (χ1) is 9.46. The van der Waals surface area contributed by atoms with Gasteiger partial charge in [-0.3, -0.25) is 4.79 Å². The second-order valence-electron chi connectivity index (χ2n) is 7.12. The monoisotopic (exact) mass is 319 g/mol. The van der Waals surface area contributed by atoms with Gasteiger partial charge in [-0.25, -0.2) is 0 Å². The Morgan fingerprint density at radius 3 is 1.67 bits per heavy atom. The average molecular weight is 320 g/mol. The van der Waals surface area contributed by atoms with Crippen molar-refractivity contribution in [2.24, 2.45) is 0 Å². The number of hydrogen-bond acceptors (Lipinski definition) is 4. The van der Waals surface area contributed by atoms with Crippen LogP contribution in [0.3, 0.4) is 0 Å². The van der Waals surface area contributed by atoms with E-state index in [0.29, 0.717) is 26.3 Å². The van der Waals surface area contributed by atoms with Crippen LogP contribution >= 0.6 is 11.8 Å². The smallest absolute Gasteiger partial charge is 0.235 e. The van der Waals surface area contributed by atoms with E-state index in [1.54, 1.807) is 11.8 Å². The molecule has 0 aromatic carbocycles. The minimum absolute atomic E-state index is 0.0331. The summed E-state index contributed by atoms with van der Waals surface area (Å²) in [6.45, 7) is 16.4. The predicted molar refractivity (Wildman–Crippen MR) is 91.0 cm³/mol. The first-order valence-electron chi connectivity index (χ1n) is 7.56. The summed E-state index contributed by atoms with van der Waals surface area (Å²) in [5.74, 6) is 0.150. The fraction of sp³-hybridized carbons (Fsp3) is 0.938. The molecule has 0 heterocycles. The lowest BCUT2D eigenvalue weighted by Gasteiger charge is -2.29. The summed E-state index contributed by atoms with van der Waals surface area (Å²) in [5.41, 5.74) is -0.358. The van der Waals surface area contributed by atoms with E-state index in [1.165, 1.54) is 0 Å². The standard InChI is InChI=1S/C16H33NO3S/c1-13(21-8)14(18)17(9-11-19-15(2,3)4)10-12-20-16(5,6)7/h13H,9-12H2,1-8H3. The molecule has 5 heteroatoms. The van der Waals surface area contributed by atoms with Crippen molar-refractivity contribution in [3.8, 4) is 0 Å². The molecule has 0 bridgehead atoms. The molecule has 0 fully saturated rings. The summed E-state index contributed by atoms with van der Waals surface area (Å²) >= 11 is 1.57. The number of thioether (sulfide) groups is 1. The first kappa shape index (κ1) is 20.7. The molecule has 126 valence electrons. The lowest BCUT2D eigenvalue weighted by Crippen LogP contribution is -2.42. The second-order valence-corrected chi connectivity index (χ2v) is 8.30. The summed E-state index contributed by atoms with van der Waals surface area (Å²) in [4.78, 5) is 14.2. The largest absolute Gasteiger partial charge is 0.374 e. The van der Waals surface area contributed by atoms with Crippen molar-refractivity contribution in [3.05, 3.63) is 0 Å². The van der Waals surface area contributed by atoms with Gasteiger partial charge in [0.25, 0.3) is 0 Å². The Morgan fingerprint density at radius 1 is 1.00 bits per heavy atom. The number of carbonyl (C=O) groups excluding carboxylic acids is 1. The lowest BCUT2D eigenvalue weighted by atomic mass is 10.2. The van der Waals surface area contributed by atoms with Crippen molar-refractivity contribution in [1.82, 2.24) is 4.90 Å². The molecular weight excluding hydrogens is 286 g/mol. The minimum atomic E-state index is -0.179. The van der Waals surface area contributed by atoms with E-state index in [1.807, 2.05) is 59.6 Å². The topological polar surface area (TPSA) is 38.8 Å². The Hall–Kier alpha value is -0.260. The molecule has 0 saturated carbocycles. The van der Waals surface area contributed by atoms with Gasteiger partial charge in [-0.1, -0.05) is 0 Å². The van der Waals surface area contributed by atoms with Crippen molar-refractivity contribution in [2.45, 2.75) is 64.9 Å². The van der Waals surface area contributed by atoms with Gasteiger partial charge in [0.15, 0.2) is 0 Å². The summed E-state index contributed by atoms with van der Waals surface area (Å²) < 4.78 is 11.5. The van der Waals surface area contributed by atoms with Crippen LogP contribution in [-0.2, 0) is 14.3 Å². The fourth-order valence-electron chi connectivity index (χ4n) is 1.61. The Balaban J connectivity index is 4.44. The SMILES string of the molecule is CSC(C)C(=O)N(CCOC(C)(C)C)CCOC(C)(C)C. The van der Waals surface area contributed by atoms with Crippen molar-refractivity contribution in [3.63, 3.8) is 0 Å². The van der Waals surface area contributed by atoms with Crippen molar-refractivity contribution < 1.29 is 14.3 Å². The van der Waals surface area contributed by atoms with E-state index >= 15 is 0 Å². The quantitative estimate of drug-likeness (QED) is 0.689. The third-order valence-electron chi connectivity index (χ3n) is 2.81. The van der Waals surface area contributed by atoms with Crippen LogP contribution in [0, 0.1) is 0 Å². The van der Waals surface area contributed by atoms with Crippen LogP contribution < -0.4 is 0 Å². The molecule has 0 radical (unpaired) electrons. The van der Waals surface area contributed by atoms with Gasteiger partial charge in [-0.05, 0) is 54.7 Å². The second kappa shape index (κ2) is 9.01. The normalized spacial score (nSPS) is 14.1. The number of nitrogens with zero attached hydrogens (tertiary/aromatic N) is 1. The van der Waals surface area contributed by atoms with Crippen molar-refractivity contribution in [1.29, 1.82) is 0 Å². The molecule has 0 aromatic rings. The third-order valence-corrected chi connectivity index (χ3v) is 3.71. The van der Waals surface area contributed by atoms with Gasteiger partial charge >= 0.3 is 0 Å². The number of hydrogen-bond donors (Lipinski definition) is 0. The molecule has 1 unspecified atom stereocenters. The molecular formula is C16H33NO3S. The summed E-state index contributed by atoms with van der Waals surface area (Å²) in [6, 6.07) is 0. The van der Waals surface area contributed by atoms with E-state index in [-0.39, 0.29) is 22.4 Å². The van der Waals surface area contributed by atoms with Crippen LogP contribution in [0.4, 0.5) is 0 Å². The molecule has 0 aliphatic carbocycles. The van der Waals surface area contributed by atoms with Crippen LogP contribution in [-0.4, -0.2) is 59.8 Å².